The van der Waals surface area contributed by atoms with Crippen LogP contribution >= 0.6 is 34.8 Å². The Morgan fingerprint density at radius 2 is 1.82 bits per heavy atom. The second kappa shape index (κ2) is 3.85. The first-order valence-corrected chi connectivity index (χ1v) is 3.24. The molecule has 0 saturated carbocycles. The van der Waals surface area contributed by atoms with Gasteiger partial charge in [0.2, 0.25) is 0 Å². The number of nitrogens with one attached hydrogen (secondary N) is 1. The van der Waals surface area contributed by atoms with Gasteiger partial charge in [-0.1, -0.05) is 34.8 Å². The zero-order valence-corrected chi connectivity index (χ0v) is 7.07. The van der Waals surface area contributed by atoms with Crippen LogP contribution in [0.25, 0.3) is 0 Å². The fraction of sp³-hybridized carbons (Fsp3) is 0.333. The molecule has 0 aliphatic heterocycles. The van der Waals surface area contributed by atoms with Gasteiger partial charge in [0.05, 0.1) is 0 Å². The van der Waals surface area contributed by atoms with Crippen LogP contribution in [0.1, 0.15) is 0 Å². The monoisotopic (exact) mass is 221 g/mol. The Morgan fingerprint density at radius 1 is 1.36 bits per heavy atom. The molecule has 0 fully saturated rings. The lowest BCUT2D eigenvalue weighted by Crippen LogP contribution is -2.31. The van der Waals surface area contributed by atoms with E-state index < -0.39 is 15.9 Å². The number of hydrogen-bond donors (Lipinski definition) is 2. The number of hydrogen-bond acceptors (Lipinski definition) is 3. The average Bonchev–Trinajstić information content (AvgIpc) is 1.80. The molecule has 2 N–H and O–H groups in total. The molecule has 0 rings (SSSR count). The van der Waals surface area contributed by atoms with Gasteiger partial charge in [-0.3, -0.25) is 0 Å². The first kappa shape index (κ1) is 10.6. The second-order valence-electron chi connectivity index (χ2n) is 1.29. The summed E-state index contributed by atoms with van der Waals surface area (Å²) in [5.41, 5.74) is 1.27. The number of alkyl halides is 3. The fourth-order valence-corrected chi connectivity index (χ4v) is 0.264. The Bertz CT molecular complexity index is 176. The Kier molecular flexibility index (Phi) is 3.71. The third-order valence-electron chi connectivity index (χ3n) is 0.462. The molecule has 0 aromatic heterocycles. The van der Waals surface area contributed by atoms with E-state index in [1.165, 1.54) is 5.48 Å². The van der Waals surface area contributed by atoms with Crippen molar-refractivity contribution in [1.29, 1.82) is 0 Å². The van der Waals surface area contributed by atoms with Gasteiger partial charge in [0.25, 0.3) is 3.79 Å². The van der Waals surface area contributed by atoms with Gasteiger partial charge in [0.1, 0.15) is 0 Å². The van der Waals surface area contributed by atoms with Crippen molar-refractivity contribution in [2.45, 2.75) is 3.79 Å². The molecule has 0 aromatic rings. The van der Waals surface area contributed by atoms with E-state index in [4.69, 9.17) is 39.9 Å². The molecule has 0 aliphatic rings. The smallest absolute Gasteiger partial charge is 0.438 e. The number of hydroxylamine groups is 1. The lowest BCUT2D eigenvalue weighted by Gasteiger charge is -2.07. The highest BCUT2D eigenvalue weighted by Gasteiger charge is 2.33. The highest BCUT2D eigenvalue weighted by molar-refractivity contribution is 6.75. The molecule has 64 valence electrons. The van der Waals surface area contributed by atoms with Crippen molar-refractivity contribution in [3.05, 3.63) is 0 Å². The lowest BCUT2D eigenvalue weighted by molar-refractivity contribution is -0.148. The number of carbonyl (C=O) groups excluding carboxylic acids is 1. The summed E-state index contributed by atoms with van der Waals surface area (Å²) in [5.74, 6) is -1.31. The maximum absolute atomic E-state index is 10.4. The number of carbonyl (C=O) groups is 2. The Balaban J connectivity index is 3.80. The van der Waals surface area contributed by atoms with Gasteiger partial charge in [-0.05, 0) is 0 Å². The molecule has 0 atom stereocenters. The van der Waals surface area contributed by atoms with E-state index in [-0.39, 0.29) is 0 Å². The molecule has 8 heteroatoms. The van der Waals surface area contributed by atoms with Crippen molar-refractivity contribution >= 4 is 46.9 Å². The molecule has 11 heavy (non-hydrogen) atoms. The van der Waals surface area contributed by atoms with Crippen molar-refractivity contribution in [3.8, 4) is 0 Å². The van der Waals surface area contributed by atoms with Crippen molar-refractivity contribution in [2.75, 3.05) is 0 Å². The highest BCUT2D eigenvalue weighted by Crippen LogP contribution is 2.26. The quantitative estimate of drug-likeness (QED) is 0.475. The Hall–Kier alpha value is -0.390. The minimum atomic E-state index is -2.28. The third kappa shape index (κ3) is 4.94. The van der Waals surface area contributed by atoms with Gasteiger partial charge in [0.15, 0.2) is 0 Å². The van der Waals surface area contributed by atoms with Gasteiger partial charge < -0.3 is 9.94 Å². The van der Waals surface area contributed by atoms with Gasteiger partial charge in [0, 0.05) is 0 Å². The molecular formula is C3H2Cl3NO4. The molecule has 0 spiro atoms. The zero-order valence-electron chi connectivity index (χ0n) is 4.81. The number of carboxylic acid groups (broad SMARTS) is 1. The molecule has 0 heterocycles. The Labute approximate surface area is 76.1 Å². The summed E-state index contributed by atoms with van der Waals surface area (Å²) < 4.78 is -2.28. The maximum Gasteiger partial charge on any atom is 0.438 e. The van der Waals surface area contributed by atoms with Gasteiger partial charge >= 0.3 is 12.1 Å². The lowest BCUT2D eigenvalue weighted by atomic mass is 10.8. The predicted octanol–water partition coefficient (Wildman–Crippen LogP) is 1.08. The second-order valence-corrected chi connectivity index (χ2v) is 3.58. The van der Waals surface area contributed by atoms with Crippen LogP contribution in [0.4, 0.5) is 4.79 Å². The number of amides is 1. The summed E-state index contributed by atoms with van der Waals surface area (Å²) in [6.07, 6.45) is -1.56. The van der Waals surface area contributed by atoms with Crippen molar-refractivity contribution < 1.29 is 19.5 Å². The van der Waals surface area contributed by atoms with Gasteiger partial charge in [-0.2, -0.15) is 0 Å². The highest BCUT2D eigenvalue weighted by atomic mass is 35.6. The molecular weight excluding hydrogens is 220 g/mol. The van der Waals surface area contributed by atoms with Gasteiger partial charge in [-0.25, -0.2) is 9.59 Å². The van der Waals surface area contributed by atoms with Crippen LogP contribution in [-0.4, -0.2) is 21.0 Å². The number of rotatable bonds is 0. The van der Waals surface area contributed by atoms with Gasteiger partial charge in [-0.15, -0.1) is 5.48 Å². The summed E-state index contributed by atoms with van der Waals surface area (Å²) in [6, 6.07) is 0. The van der Waals surface area contributed by atoms with E-state index in [1.54, 1.807) is 0 Å². The van der Waals surface area contributed by atoms with E-state index in [1.807, 2.05) is 0 Å². The van der Waals surface area contributed by atoms with Crippen LogP contribution in [0.5, 0.6) is 0 Å². The summed E-state index contributed by atoms with van der Waals surface area (Å²) in [4.78, 5) is 23.9. The summed E-state index contributed by atoms with van der Waals surface area (Å²) in [6.45, 7) is 0. The molecule has 0 radical (unpaired) electrons. The minimum absolute atomic E-state index is 1.27. The third-order valence-corrected chi connectivity index (χ3v) is 0.925. The summed E-state index contributed by atoms with van der Waals surface area (Å²) in [7, 11) is 0. The standard InChI is InChI=1S/C3H2Cl3NO4/c4-3(5,6)1(8)11-7-2(9)10/h7H,(H,9,10). The molecule has 0 unspecified atom stereocenters. The SMILES string of the molecule is O=C(O)NOC(=O)C(Cl)(Cl)Cl. The van der Waals surface area contributed by atoms with E-state index in [2.05, 4.69) is 4.84 Å². The van der Waals surface area contributed by atoms with Crippen LogP contribution in [0, 0.1) is 0 Å². The topological polar surface area (TPSA) is 75.6 Å². The predicted molar refractivity (Wildman–Crippen MR) is 37.5 cm³/mol. The van der Waals surface area contributed by atoms with Crippen LogP contribution < -0.4 is 5.48 Å². The summed E-state index contributed by atoms with van der Waals surface area (Å²) in [5, 5.41) is 7.91. The zero-order chi connectivity index (χ0) is 9.07. The Morgan fingerprint density at radius 3 is 2.09 bits per heavy atom. The molecule has 0 bridgehead atoms. The number of halogens is 3. The molecule has 0 aliphatic carbocycles. The van der Waals surface area contributed by atoms with Crippen LogP contribution in [0.2, 0.25) is 0 Å². The van der Waals surface area contributed by atoms with E-state index in [9.17, 15) is 9.59 Å². The minimum Gasteiger partial charge on any atom is -0.463 e. The normalized spacial score (nSPS) is 10.5. The van der Waals surface area contributed by atoms with Crippen molar-refractivity contribution in [1.82, 2.24) is 5.48 Å². The fourth-order valence-electron chi connectivity index (χ4n) is 0.148. The first-order chi connectivity index (χ1) is 4.84. The summed E-state index contributed by atoms with van der Waals surface area (Å²) >= 11 is 15.0. The van der Waals surface area contributed by atoms with E-state index in [0.717, 1.165) is 0 Å². The maximum atomic E-state index is 10.4. The molecule has 0 saturated heterocycles. The van der Waals surface area contributed by atoms with Crippen LogP contribution in [0.3, 0.4) is 0 Å². The molecule has 0 aromatic carbocycles. The van der Waals surface area contributed by atoms with Crippen LogP contribution in [-0.2, 0) is 9.63 Å². The van der Waals surface area contributed by atoms with E-state index >= 15 is 0 Å². The van der Waals surface area contributed by atoms with E-state index in [0.29, 0.717) is 0 Å². The molecule has 1 amide bonds. The van der Waals surface area contributed by atoms with Crippen molar-refractivity contribution in [2.24, 2.45) is 0 Å². The van der Waals surface area contributed by atoms with Crippen LogP contribution in [0.15, 0.2) is 0 Å². The molecule has 5 nitrogen and oxygen atoms in total. The van der Waals surface area contributed by atoms with Crippen molar-refractivity contribution in [3.63, 3.8) is 0 Å². The average molecular weight is 222 g/mol. The largest absolute Gasteiger partial charge is 0.463 e. The first-order valence-electron chi connectivity index (χ1n) is 2.11.